The summed E-state index contributed by atoms with van der Waals surface area (Å²) >= 11 is 0. The molecule has 1 saturated heterocycles. The third-order valence-electron chi connectivity index (χ3n) is 2.86. The van der Waals surface area contributed by atoms with Gasteiger partial charge < -0.3 is 5.32 Å². The molecule has 1 N–H and O–H groups in total. The van der Waals surface area contributed by atoms with Crippen LogP contribution in [0.5, 0.6) is 0 Å². The first-order valence-electron chi connectivity index (χ1n) is 5.24. The summed E-state index contributed by atoms with van der Waals surface area (Å²) in [6, 6.07) is 8.34. The van der Waals surface area contributed by atoms with Crippen molar-refractivity contribution in [1.29, 1.82) is 0 Å². The van der Waals surface area contributed by atoms with Gasteiger partial charge in [0, 0.05) is 6.04 Å². The zero-order valence-electron chi connectivity index (χ0n) is 8.46. The average molecular weight is 193 g/mol. The number of rotatable bonds is 2. The molecule has 2 heteroatoms. The molecule has 1 aromatic rings. The Bertz CT molecular complexity index is 286. The monoisotopic (exact) mass is 193 g/mol. The van der Waals surface area contributed by atoms with Gasteiger partial charge in [-0.3, -0.25) is 0 Å². The van der Waals surface area contributed by atoms with Gasteiger partial charge in [0.25, 0.3) is 0 Å². The van der Waals surface area contributed by atoms with Crippen LogP contribution in [0.1, 0.15) is 43.1 Å². The van der Waals surface area contributed by atoms with E-state index in [0.717, 1.165) is 12.1 Å². The summed E-state index contributed by atoms with van der Waals surface area (Å²) < 4.78 is 12.9. The van der Waals surface area contributed by atoms with Gasteiger partial charge in [0.2, 0.25) is 0 Å². The van der Waals surface area contributed by atoms with Gasteiger partial charge in [0.05, 0.1) is 0 Å². The van der Waals surface area contributed by atoms with Crippen molar-refractivity contribution in [2.45, 2.75) is 32.0 Å². The van der Waals surface area contributed by atoms with Gasteiger partial charge in [-0.05, 0) is 37.4 Å². The van der Waals surface area contributed by atoms with E-state index in [9.17, 15) is 4.39 Å². The summed E-state index contributed by atoms with van der Waals surface area (Å²) in [5.41, 5.74) is 2.05. The van der Waals surface area contributed by atoms with Crippen molar-refractivity contribution in [3.05, 3.63) is 35.4 Å². The number of hydrogen-bond donors (Lipinski definition) is 1. The van der Waals surface area contributed by atoms with E-state index in [2.05, 4.69) is 5.32 Å². The molecule has 14 heavy (non-hydrogen) atoms. The van der Waals surface area contributed by atoms with E-state index >= 15 is 0 Å². The van der Waals surface area contributed by atoms with E-state index < -0.39 is 6.17 Å². The van der Waals surface area contributed by atoms with Crippen LogP contribution in [0.25, 0.3) is 0 Å². The van der Waals surface area contributed by atoms with Gasteiger partial charge in [-0.15, -0.1) is 0 Å². The fourth-order valence-electron chi connectivity index (χ4n) is 1.96. The zero-order valence-corrected chi connectivity index (χ0v) is 8.46. The minimum Gasteiger partial charge on any atom is -0.310 e. The largest absolute Gasteiger partial charge is 0.310 e. The first-order valence-corrected chi connectivity index (χ1v) is 5.24. The molecule has 2 atom stereocenters. The number of nitrogens with one attached hydrogen (secondary N) is 1. The topological polar surface area (TPSA) is 12.0 Å². The van der Waals surface area contributed by atoms with E-state index in [1.165, 1.54) is 18.4 Å². The minimum absolute atomic E-state index is 0.485. The molecule has 1 heterocycles. The normalized spacial score (nSPS) is 23.7. The maximum atomic E-state index is 12.9. The molecule has 0 aromatic heterocycles. The van der Waals surface area contributed by atoms with E-state index in [1.54, 1.807) is 6.92 Å². The lowest BCUT2D eigenvalue weighted by Crippen LogP contribution is -2.12. The van der Waals surface area contributed by atoms with Gasteiger partial charge in [0.15, 0.2) is 0 Å². The van der Waals surface area contributed by atoms with Crippen molar-refractivity contribution in [1.82, 2.24) is 5.32 Å². The van der Waals surface area contributed by atoms with E-state index in [0.29, 0.717) is 6.04 Å². The molecule has 0 spiro atoms. The quantitative estimate of drug-likeness (QED) is 0.760. The second-order valence-corrected chi connectivity index (χ2v) is 3.93. The van der Waals surface area contributed by atoms with Crippen LogP contribution in [0.2, 0.25) is 0 Å². The number of halogens is 1. The highest BCUT2D eigenvalue weighted by atomic mass is 19.1. The van der Waals surface area contributed by atoms with Crippen molar-refractivity contribution in [2.24, 2.45) is 0 Å². The highest BCUT2D eigenvalue weighted by Gasteiger charge is 2.15. The summed E-state index contributed by atoms with van der Waals surface area (Å²) in [4.78, 5) is 0. The molecule has 1 fully saturated rings. The summed E-state index contributed by atoms with van der Waals surface area (Å²) in [6.07, 6.45) is 1.58. The highest BCUT2D eigenvalue weighted by molar-refractivity contribution is 5.26. The number of alkyl halides is 1. The molecule has 0 radical (unpaired) electrons. The Morgan fingerprint density at radius 3 is 2.57 bits per heavy atom. The Hall–Kier alpha value is -0.890. The molecular weight excluding hydrogens is 177 g/mol. The molecule has 76 valence electrons. The molecule has 1 aliphatic heterocycles. The molecule has 1 aromatic carbocycles. The molecule has 0 amide bonds. The van der Waals surface area contributed by atoms with Crippen LogP contribution in [-0.2, 0) is 0 Å². The molecule has 0 bridgehead atoms. The van der Waals surface area contributed by atoms with Gasteiger partial charge in [-0.25, -0.2) is 4.39 Å². The summed E-state index contributed by atoms with van der Waals surface area (Å²) in [5.74, 6) is 0. The molecule has 2 rings (SSSR count). The number of benzene rings is 1. The second kappa shape index (κ2) is 4.09. The van der Waals surface area contributed by atoms with Crippen molar-refractivity contribution in [3.8, 4) is 0 Å². The van der Waals surface area contributed by atoms with Crippen LogP contribution in [0, 0.1) is 0 Å². The molecule has 1 aliphatic rings. The average Bonchev–Trinajstić information content (AvgIpc) is 2.71. The third-order valence-corrected chi connectivity index (χ3v) is 2.86. The van der Waals surface area contributed by atoms with Crippen LogP contribution in [0.3, 0.4) is 0 Å². The minimum atomic E-state index is -0.861. The van der Waals surface area contributed by atoms with Gasteiger partial charge in [-0.2, -0.15) is 0 Å². The Morgan fingerprint density at radius 2 is 2.07 bits per heavy atom. The first kappa shape index (κ1) is 9.66. The Morgan fingerprint density at radius 1 is 1.36 bits per heavy atom. The van der Waals surface area contributed by atoms with E-state index in [-0.39, 0.29) is 0 Å². The zero-order chi connectivity index (χ0) is 9.97. The molecule has 1 nitrogen and oxygen atoms in total. The first-order chi connectivity index (χ1) is 6.77. The standard InChI is InChI=1S/C12H16FN/c1-9(13)10-4-6-11(7-5-10)12-3-2-8-14-12/h4-7,9,12,14H,2-3,8H2,1H3. The fourth-order valence-corrected chi connectivity index (χ4v) is 1.96. The van der Waals surface area contributed by atoms with Crippen molar-refractivity contribution in [2.75, 3.05) is 6.54 Å². The predicted molar refractivity (Wildman–Crippen MR) is 55.9 cm³/mol. The predicted octanol–water partition coefficient (Wildman–Crippen LogP) is 3.14. The molecule has 0 aliphatic carbocycles. The van der Waals surface area contributed by atoms with Gasteiger partial charge in [0.1, 0.15) is 6.17 Å². The Kier molecular flexibility index (Phi) is 2.82. The SMILES string of the molecule is CC(F)c1ccc(C2CCCN2)cc1. The van der Waals surface area contributed by atoms with Gasteiger partial charge in [-0.1, -0.05) is 24.3 Å². The van der Waals surface area contributed by atoms with Crippen LogP contribution in [0.15, 0.2) is 24.3 Å². The lowest BCUT2D eigenvalue weighted by molar-refractivity contribution is 0.374. The van der Waals surface area contributed by atoms with E-state index in [1.807, 2.05) is 24.3 Å². The summed E-state index contributed by atoms with van der Waals surface area (Å²) in [7, 11) is 0. The second-order valence-electron chi connectivity index (χ2n) is 3.93. The molecular formula is C12H16FN. The third kappa shape index (κ3) is 1.95. The highest BCUT2D eigenvalue weighted by Crippen LogP contribution is 2.25. The maximum absolute atomic E-state index is 12.9. The summed E-state index contributed by atoms with van der Waals surface area (Å²) in [5, 5.41) is 3.43. The van der Waals surface area contributed by atoms with Crippen LogP contribution < -0.4 is 5.32 Å². The van der Waals surface area contributed by atoms with Crippen molar-refractivity contribution >= 4 is 0 Å². The maximum Gasteiger partial charge on any atom is 0.122 e. The smallest absolute Gasteiger partial charge is 0.122 e. The number of hydrogen-bond acceptors (Lipinski definition) is 1. The Labute approximate surface area is 84.3 Å². The lowest BCUT2D eigenvalue weighted by Gasteiger charge is -2.11. The Balaban J connectivity index is 2.12. The van der Waals surface area contributed by atoms with E-state index in [4.69, 9.17) is 0 Å². The van der Waals surface area contributed by atoms with Crippen LogP contribution in [0.4, 0.5) is 4.39 Å². The van der Waals surface area contributed by atoms with Crippen LogP contribution >= 0.6 is 0 Å². The summed E-state index contributed by atoms with van der Waals surface area (Å²) in [6.45, 7) is 2.68. The fraction of sp³-hybridized carbons (Fsp3) is 0.500. The molecule has 2 unspecified atom stereocenters. The van der Waals surface area contributed by atoms with Crippen molar-refractivity contribution < 1.29 is 4.39 Å². The van der Waals surface area contributed by atoms with Crippen LogP contribution in [-0.4, -0.2) is 6.54 Å². The lowest BCUT2D eigenvalue weighted by atomic mass is 10.0. The molecule has 0 saturated carbocycles. The van der Waals surface area contributed by atoms with Crippen molar-refractivity contribution in [3.63, 3.8) is 0 Å². The van der Waals surface area contributed by atoms with Gasteiger partial charge >= 0.3 is 0 Å².